The van der Waals surface area contributed by atoms with Gasteiger partial charge in [0, 0.05) is 11.0 Å². The van der Waals surface area contributed by atoms with Gasteiger partial charge in [-0.25, -0.2) is 0 Å². The normalized spacial score (nSPS) is 15.9. The number of nitrogens with zero attached hydrogens (tertiary/aromatic N) is 1. The van der Waals surface area contributed by atoms with Crippen molar-refractivity contribution in [1.29, 1.82) is 0 Å². The van der Waals surface area contributed by atoms with Crippen molar-refractivity contribution < 1.29 is 18.1 Å². The van der Waals surface area contributed by atoms with E-state index in [0.29, 0.717) is 0 Å². The Morgan fingerprint density at radius 1 is 1.36 bits per heavy atom. The summed E-state index contributed by atoms with van der Waals surface area (Å²) >= 11 is 0. The second kappa shape index (κ2) is 3.57. The smallest absolute Gasteiger partial charge is 0.270 e. The SMILES string of the molecule is O=[N+]([O-])[C-]1C=CC(=CC(F)(F)F)C=C1. The van der Waals surface area contributed by atoms with E-state index in [1.807, 2.05) is 0 Å². The molecule has 0 aromatic carbocycles. The molecule has 0 spiro atoms. The van der Waals surface area contributed by atoms with Gasteiger partial charge in [-0.2, -0.15) is 25.3 Å². The van der Waals surface area contributed by atoms with E-state index in [0.717, 1.165) is 24.3 Å². The Hall–Kier alpha value is -1.72. The summed E-state index contributed by atoms with van der Waals surface area (Å²) in [6, 6.07) is -0.232. The highest BCUT2D eigenvalue weighted by atomic mass is 19.4. The maximum atomic E-state index is 11.8. The van der Waals surface area contributed by atoms with Crippen LogP contribution in [0.2, 0.25) is 0 Å². The number of allylic oxidation sites excluding steroid dienone is 4. The minimum absolute atomic E-state index is 0.0801. The second-order valence-electron chi connectivity index (χ2n) is 2.53. The van der Waals surface area contributed by atoms with E-state index < -0.39 is 11.1 Å². The summed E-state index contributed by atoms with van der Waals surface area (Å²) in [5.41, 5.74) is -0.108. The number of hydrogen-bond acceptors (Lipinski definition) is 2. The van der Waals surface area contributed by atoms with Crippen LogP contribution in [0, 0.1) is 16.2 Å². The van der Waals surface area contributed by atoms with Crippen LogP contribution in [-0.2, 0) is 0 Å². The summed E-state index contributed by atoms with van der Waals surface area (Å²) in [6.45, 7) is 0. The molecule has 0 N–H and O–H groups in total. The van der Waals surface area contributed by atoms with Gasteiger partial charge in [0.15, 0.2) is 6.04 Å². The molecule has 0 amide bonds. The first kappa shape index (κ1) is 10.4. The molecule has 0 aromatic heterocycles. The monoisotopic (exact) mass is 204 g/mol. The molecule has 14 heavy (non-hydrogen) atoms. The fraction of sp³-hybridized carbons (Fsp3) is 0.125. The van der Waals surface area contributed by atoms with Crippen LogP contribution >= 0.6 is 0 Å². The topological polar surface area (TPSA) is 43.1 Å². The molecular weight excluding hydrogens is 199 g/mol. The lowest BCUT2D eigenvalue weighted by Crippen LogP contribution is -2.07. The van der Waals surface area contributed by atoms with Crippen LogP contribution in [0.4, 0.5) is 13.2 Å². The van der Waals surface area contributed by atoms with E-state index in [-0.39, 0.29) is 17.7 Å². The van der Waals surface area contributed by atoms with E-state index in [2.05, 4.69) is 0 Å². The maximum Gasteiger partial charge on any atom is 0.408 e. The highest BCUT2D eigenvalue weighted by Gasteiger charge is 2.22. The molecule has 0 saturated heterocycles. The Kier molecular flexibility index (Phi) is 2.64. The summed E-state index contributed by atoms with van der Waals surface area (Å²) in [4.78, 5) is 9.50. The molecule has 76 valence electrons. The number of halogens is 3. The van der Waals surface area contributed by atoms with E-state index in [1.165, 1.54) is 0 Å². The first-order valence-corrected chi connectivity index (χ1v) is 3.55. The van der Waals surface area contributed by atoms with Crippen LogP contribution in [0.25, 0.3) is 0 Å². The second-order valence-corrected chi connectivity index (χ2v) is 2.53. The van der Waals surface area contributed by atoms with E-state index in [9.17, 15) is 23.3 Å². The first-order chi connectivity index (χ1) is 6.38. The highest BCUT2D eigenvalue weighted by Crippen LogP contribution is 2.23. The van der Waals surface area contributed by atoms with Crippen molar-refractivity contribution in [3.63, 3.8) is 0 Å². The van der Waals surface area contributed by atoms with Crippen molar-refractivity contribution in [2.75, 3.05) is 0 Å². The Morgan fingerprint density at radius 2 is 1.86 bits per heavy atom. The fourth-order valence-corrected chi connectivity index (χ4v) is 0.881. The summed E-state index contributed by atoms with van der Waals surface area (Å²) in [5, 5.41) is 10.2. The molecule has 1 aliphatic rings. The predicted octanol–water partition coefficient (Wildman–Crippen LogP) is 2.41. The maximum absolute atomic E-state index is 11.8. The van der Waals surface area contributed by atoms with Gasteiger partial charge in [0.1, 0.15) is 0 Å². The molecule has 0 bridgehead atoms. The minimum atomic E-state index is -4.41. The zero-order chi connectivity index (χ0) is 10.8. The molecule has 1 aliphatic carbocycles. The van der Waals surface area contributed by atoms with Crippen LogP contribution in [0.1, 0.15) is 0 Å². The number of alkyl halides is 3. The lowest BCUT2D eigenvalue weighted by atomic mass is 10.1. The van der Waals surface area contributed by atoms with Crippen LogP contribution in [0.15, 0.2) is 36.0 Å². The predicted molar refractivity (Wildman–Crippen MR) is 42.7 cm³/mol. The van der Waals surface area contributed by atoms with E-state index in [1.54, 1.807) is 0 Å². The fourth-order valence-electron chi connectivity index (χ4n) is 0.881. The zero-order valence-corrected chi connectivity index (χ0v) is 6.78. The summed E-state index contributed by atoms with van der Waals surface area (Å²) in [7, 11) is 0. The van der Waals surface area contributed by atoms with Gasteiger partial charge >= 0.3 is 6.18 Å². The summed E-state index contributed by atoms with van der Waals surface area (Å²) in [6.07, 6.45) is -0.181. The molecule has 1 rings (SSSR count). The van der Waals surface area contributed by atoms with Gasteiger partial charge in [0.25, 0.3) is 0 Å². The molecule has 0 atom stereocenters. The van der Waals surface area contributed by atoms with Gasteiger partial charge < -0.3 is 0 Å². The molecule has 0 heterocycles. The van der Waals surface area contributed by atoms with Gasteiger partial charge in [0.05, 0.1) is 0 Å². The number of rotatable bonds is 1. The molecule has 0 radical (unpaired) electrons. The quantitative estimate of drug-likeness (QED) is 0.374. The average Bonchev–Trinajstić information content (AvgIpc) is 2.02. The lowest BCUT2D eigenvalue weighted by molar-refractivity contribution is -0.448. The van der Waals surface area contributed by atoms with Crippen molar-refractivity contribution in [3.05, 3.63) is 52.1 Å². The molecule has 0 aliphatic heterocycles. The van der Waals surface area contributed by atoms with Gasteiger partial charge in [-0.05, 0) is 0 Å². The van der Waals surface area contributed by atoms with Crippen molar-refractivity contribution in [1.82, 2.24) is 0 Å². The van der Waals surface area contributed by atoms with Gasteiger partial charge in [0.2, 0.25) is 0 Å². The molecule has 3 nitrogen and oxygen atoms in total. The molecule has 0 fully saturated rings. The Morgan fingerprint density at radius 3 is 2.21 bits per heavy atom. The third-order valence-corrected chi connectivity index (χ3v) is 1.43. The molecule has 0 unspecified atom stereocenters. The van der Waals surface area contributed by atoms with Crippen molar-refractivity contribution in [2.45, 2.75) is 6.18 Å². The van der Waals surface area contributed by atoms with Crippen molar-refractivity contribution in [3.8, 4) is 0 Å². The Labute approximate surface area is 77.4 Å². The molecule has 0 aromatic rings. The summed E-state index contributed by atoms with van der Waals surface area (Å²) < 4.78 is 35.4. The molecule has 0 saturated carbocycles. The van der Waals surface area contributed by atoms with Gasteiger partial charge in [-0.1, -0.05) is 12.2 Å². The van der Waals surface area contributed by atoms with Crippen LogP contribution < -0.4 is 0 Å². The van der Waals surface area contributed by atoms with Crippen LogP contribution in [0.3, 0.4) is 0 Å². The van der Waals surface area contributed by atoms with Crippen LogP contribution in [0.5, 0.6) is 0 Å². The first-order valence-electron chi connectivity index (χ1n) is 3.55. The third kappa shape index (κ3) is 2.96. The van der Waals surface area contributed by atoms with E-state index in [4.69, 9.17) is 0 Å². The molecule has 6 heteroatoms. The average molecular weight is 204 g/mol. The summed E-state index contributed by atoms with van der Waals surface area (Å²) in [5.74, 6) is 0. The third-order valence-electron chi connectivity index (χ3n) is 1.43. The number of hydrogen-bond donors (Lipinski definition) is 0. The van der Waals surface area contributed by atoms with Gasteiger partial charge in [-0.3, -0.25) is 10.1 Å². The minimum Gasteiger partial charge on any atom is -0.270 e. The van der Waals surface area contributed by atoms with Crippen molar-refractivity contribution in [2.24, 2.45) is 0 Å². The lowest BCUT2D eigenvalue weighted by Gasteiger charge is -2.13. The Bertz CT molecular complexity index is 312. The highest BCUT2D eigenvalue weighted by molar-refractivity contribution is 5.41. The number of nitro groups is 1. The van der Waals surface area contributed by atoms with Crippen LogP contribution in [-0.4, -0.2) is 11.1 Å². The zero-order valence-electron chi connectivity index (χ0n) is 6.78. The van der Waals surface area contributed by atoms with Crippen molar-refractivity contribution >= 4 is 0 Å². The Balaban J connectivity index is 2.76. The molecular formula is C8H5F3NO2-. The van der Waals surface area contributed by atoms with E-state index >= 15 is 0 Å². The largest absolute Gasteiger partial charge is 0.408 e. The standard InChI is InChI=1S/C8H5F3NO2/c9-8(10,11)5-6-1-3-7(4-2-6)12(13)14/h1-5H/q-1. The van der Waals surface area contributed by atoms with Gasteiger partial charge in [-0.15, -0.1) is 5.57 Å².